The number of carbonyl (C=O) groups excluding carboxylic acids is 1. The molecule has 11 heteroatoms. The van der Waals surface area contributed by atoms with Gasteiger partial charge in [-0.05, 0) is 24.5 Å². The van der Waals surface area contributed by atoms with Crippen molar-refractivity contribution < 1.29 is 27.1 Å². The largest absolute Gasteiger partial charge is 0.417 e. The van der Waals surface area contributed by atoms with Crippen molar-refractivity contribution in [2.45, 2.75) is 44.8 Å². The SMILES string of the molecule is Cc1nn2cc(C(C)C)cnc2c1C(=O)NC1(c2ncc(C(F)(F)F)cc2F)CCOC1. The van der Waals surface area contributed by atoms with Gasteiger partial charge in [-0.3, -0.25) is 9.78 Å². The summed E-state index contributed by atoms with van der Waals surface area (Å²) in [4.78, 5) is 21.3. The van der Waals surface area contributed by atoms with Gasteiger partial charge in [0.1, 0.15) is 22.6 Å². The minimum Gasteiger partial charge on any atom is -0.378 e. The number of pyridine rings is 1. The maximum Gasteiger partial charge on any atom is 0.417 e. The van der Waals surface area contributed by atoms with Gasteiger partial charge in [-0.2, -0.15) is 18.3 Å². The predicted molar refractivity (Wildman–Crippen MR) is 106 cm³/mol. The Kier molecular flexibility index (Phi) is 5.40. The first-order valence-electron chi connectivity index (χ1n) is 10.0. The number of hydrogen-bond donors (Lipinski definition) is 1. The van der Waals surface area contributed by atoms with Crippen molar-refractivity contribution in [1.29, 1.82) is 0 Å². The van der Waals surface area contributed by atoms with Crippen LogP contribution in [0, 0.1) is 12.7 Å². The van der Waals surface area contributed by atoms with Gasteiger partial charge in [-0.1, -0.05) is 13.8 Å². The van der Waals surface area contributed by atoms with Gasteiger partial charge in [0.15, 0.2) is 5.65 Å². The van der Waals surface area contributed by atoms with Gasteiger partial charge in [0.05, 0.1) is 17.9 Å². The van der Waals surface area contributed by atoms with E-state index in [9.17, 15) is 22.4 Å². The van der Waals surface area contributed by atoms with Crippen molar-refractivity contribution in [2.75, 3.05) is 13.2 Å². The van der Waals surface area contributed by atoms with Gasteiger partial charge < -0.3 is 10.1 Å². The van der Waals surface area contributed by atoms with Crippen LogP contribution >= 0.6 is 0 Å². The van der Waals surface area contributed by atoms with Gasteiger partial charge >= 0.3 is 6.18 Å². The minimum atomic E-state index is -4.73. The van der Waals surface area contributed by atoms with Crippen molar-refractivity contribution >= 4 is 11.6 Å². The molecule has 0 bridgehead atoms. The Morgan fingerprint density at radius 2 is 2.03 bits per heavy atom. The topological polar surface area (TPSA) is 81.4 Å². The monoisotopic (exact) mass is 451 g/mol. The normalized spacial score (nSPS) is 19.1. The number of aryl methyl sites for hydroxylation is 1. The molecule has 3 aromatic rings. The average Bonchev–Trinajstić information content (AvgIpc) is 3.30. The Hall–Kier alpha value is -3.08. The van der Waals surface area contributed by atoms with Gasteiger partial charge in [0.25, 0.3) is 5.91 Å². The molecule has 0 saturated carbocycles. The molecule has 3 aromatic heterocycles. The van der Waals surface area contributed by atoms with Crippen LogP contribution in [0.15, 0.2) is 24.7 Å². The predicted octanol–water partition coefficient (Wildman–Crippen LogP) is 3.76. The van der Waals surface area contributed by atoms with E-state index >= 15 is 0 Å². The highest BCUT2D eigenvalue weighted by molar-refractivity contribution is 6.01. The molecule has 4 heterocycles. The molecule has 1 fully saturated rings. The average molecular weight is 451 g/mol. The summed E-state index contributed by atoms with van der Waals surface area (Å²) >= 11 is 0. The van der Waals surface area contributed by atoms with Crippen LogP contribution in [0.5, 0.6) is 0 Å². The first-order chi connectivity index (χ1) is 15.0. The van der Waals surface area contributed by atoms with Crippen molar-refractivity contribution in [3.05, 3.63) is 58.6 Å². The van der Waals surface area contributed by atoms with Crippen molar-refractivity contribution in [1.82, 2.24) is 24.9 Å². The Balaban J connectivity index is 1.72. The third kappa shape index (κ3) is 3.81. The van der Waals surface area contributed by atoms with Gasteiger partial charge in [0, 0.05) is 31.6 Å². The first-order valence-corrected chi connectivity index (χ1v) is 10.0. The number of ether oxygens (including phenoxy) is 1. The zero-order chi connectivity index (χ0) is 23.3. The number of halogens is 4. The maximum absolute atomic E-state index is 14.7. The molecule has 4 rings (SSSR count). The molecule has 0 aromatic carbocycles. The number of alkyl halides is 3. The Morgan fingerprint density at radius 1 is 1.28 bits per heavy atom. The molecule has 0 radical (unpaired) electrons. The van der Waals surface area contributed by atoms with Crippen LogP contribution in [0.25, 0.3) is 5.65 Å². The molecule has 1 aliphatic rings. The van der Waals surface area contributed by atoms with Crippen molar-refractivity contribution in [2.24, 2.45) is 0 Å². The number of nitrogens with zero attached hydrogens (tertiary/aromatic N) is 4. The number of fused-ring (bicyclic) bond motifs is 1. The fourth-order valence-electron chi connectivity index (χ4n) is 3.76. The molecule has 0 spiro atoms. The van der Waals surface area contributed by atoms with Crippen molar-refractivity contribution in [3.63, 3.8) is 0 Å². The second kappa shape index (κ2) is 7.80. The molecule has 1 unspecified atom stereocenters. The van der Waals surface area contributed by atoms with Crippen LogP contribution in [-0.4, -0.2) is 38.7 Å². The summed E-state index contributed by atoms with van der Waals surface area (Å²) in [5.41, 5.74) is -1.07. The molecule has 170 valence electrons. The van der Waals surface area contributed by atoms with Crippen molar-refractivity contribution in [3.8, 4) is 0 Å². The van der Waals surface area contributed by atoms with E-state index in [0.717, 1.165) is 5.56 Å². The Morgan fingerprint density at radius 3 is 2.62 bits per heavy atom. The number of aromatic nitrogens is 4. The van der Waals surface area contributed by atoms with Crippen LogP contribution < -0.4 is 5.32 Å². The second-order valence-electron chi connectivity index (χ2n) is 8.16. The molecule has 1 saturated heterocycles. The maximum atomic E-state index is 14.7. The first kappa shape index (κ1) is 22.1. The van der Waals surface area contributed by atoms with Crippen LogP contribution in [0.2, 0.25) is 0 Å². The molecule has 32 heavy (non-hydrogen) atoms. The highest BCUT2D eigenvalue weighted by atomic mass is 19.4. The molecule has 1 amide bonds. The van der Waals surface area contributed by atoms with E-state index in [-0.39, 0.29) is 36.8 Å². The van der Waals surface area contributed by atoms with Crippen LogP contribution in [0.1, 0.15) is 59.1 Å². The zero-order valence-electron chi connectivity index (χ0n) is 17.6. The van der Waals surface area contributed by atoms with E-state index in [1.807, 2.05) is 13.8 Å². The number of carbonyl (C=O) groups is 1. The van der Waals surface area contributed by atoms with E-state index in [2.05, 4.69) is 20.4 Å². The van der Waals surface area contributed by atoms with Gasteiger partial charge in [-0.15, -0.1) is 0 Å². The minimum absolute atomic E-state index is 0.128. The van der Waals surface area contributed by atoms with Crippen LogP contribution in [0.4, 0.5) is 17.6 Å². The molecule has 7 nitrogen and oxygen atoms in total. The molecular formula is C21H21F4N5O2. The molecule has 1 aliphatic heterocycles. The number of hydrogen-bond acceptors (Lipinski definition) is 5. The third-order valence-corrected chi connectivity index (χ3v) is 5.56. The standard InChI is InChI=1S/C21H21F4N5O2/c1-11(2)13-7-27-18-16(12(3)29-30(18)9-13)19(31)28-20(4-5-32-10-20)17-15(22)6-14(8-26-17)21(23,24)25/h6-9,11H,4-5,10H2,1-3H3,(H,28,31). The van der Waals surface area contributed by atoms with E-state index in [1.54, 1.807) is 19.3 Å². The summed E-state index contributed by atoms with van der Waals surface area (Å²) < 4.78 is 60.4. The highest BCUT2D eigenvalue weighted by Gasteiger charge is 2.43. The summed E-state index contributed by atoms with van der Waals surface area (Å²) in [5.74, 6) is -1.54. The third-order valence-electron chi connectivity index (χ3n) is 5.56. The molecule has 1 N–H and O–H groups in total. The molecule has 1 atom stereocenters. The fraction of sp³-hybridized carbons (Fsp3) is 0.429. The number of amides is 1. The van der Waals surface area contributed by atoms with E-state index in [0.29, 0.717) is 23.6 Å². The lowest BCUT2D eigenvalue weighted by molar-refractivity contribution is -0.138. The summed E-state index contributed by atoms with van der Waals surface area (Å²) in [7, 11) is 0. The smallest absolute Gasteiger partial charge is 0.378 e. The Bertz CT molecular complexity index is 1180. The highest BCUT2D eigenvalue weighted by Crippen LogP contribution is 2.35. The number of nitrogens with one attached hydrogen (secondary N) is 1. The Labute approximate surface area is 180 Å². The van der Waals surface area contributed by atoms with E-state index < -0.39 is 29.0 Å². The summed E-state index contributed by atoms with van der Waals surface area (Å²) in [6, 6.07) is 0.379. The summed E-state index contributed by atoms with van der Waals surface area (Å²) in [6.45, 7) is 5.71. The lowest BCUT2D eigenvalue weighted by atomic mass is 9.92. The number of rotatable bonds is 4. The summed E-state index contributed by atoms with van der Waals surface area (Å²) in [5, 5.41) is 7.09. The fourth-order valence-corrected chi connectivity index (χ4v) is 3.76. The zero-order valence-corrected chi connectivity index (χ0v) is 17.6. The summed E-state index contributed by atoms with van der Waals surface area (Å²) in [6.07, 6.45) is -0.590. The van der Waals surface area contributed by atoms with Gasteiger partial charge in [-0.25, -0.2) is 13.9 Å². The second-order valence-corrected chi connectivity index (χ2v) is 8.16. The lowest BCUT2D eigenvalue weighted by Gasteiger charge is -2.28. The van der Waals surface area contributed by atoms with E-state index in [4.69, 9.17) is 4.74 Å². The van der Waals surface area contributed by atoms with Gasteiger partial charge in [0.2, 0.25) is 0 Å². The van der Waals surface area contributed by atoms with Crippen LogP contribution in [-0.2, 0) is 16.5 Å². The molecular weight excluding hydrogens is 430 g/mol. The quantitative estimate of drug-likeness (QED) is 0.611. The van der Waals surface area contributed by atoms with Crippen LogP contribution in [0.3, 0.4) is 0 Å². The molecule has 0 aliphatic carbocycles. The van der Waals surface area contributed by atoms with E-state index in [1.165, 1.54) is 4.52 Å². The lowest BCUT2D eigenvalue weighted by Crippen LogP contribution is -2.48.